The van der Waals surface area contributed by atoms with Gasteiger partial charge in [0.15, 0.2) is 0 Å². The van der Waals surface area contributed by atoms with Crippen LogP contribution in [-0.2, 0) is 11.3 Å². The van der Waals surface area contributed by atoms with Crippen LogP contribution < -0.4 is 16.0 Å². The van der Waals surface area contributed by atoms with Crippen LogP contribution in [-0.4, -0.2) is 33.6 Å². The van der Waals surface area contributed by atoms with E-state index in [9.17, 15) is 4.79 Å². The number of rotatable bonds is 10. The molecule has 0 spiro atoms. The molecule has 4 saturated carbocycles. The highest BCUT2D eigenvalue weighted by Gasteiger charge is 2.51. The van der Waals surface area contributed by atoms with Crippen LogP contribution in [0.2, 0.25) is 0 Å². The van der Waals surface area contributed by atoms with Crippen LogP contribution in [0.5, 0.6) is 0 Å². The van der Waals surface area contributed by atoms with E-state index in [0.29, 0.717) is 6.42 Å². The van der Waals surface area contributed by atoms with E-state index in [1.165, 1.54) is 50.1 Å². The SMILES string of the molecule is O=C(CC12CC3CC(CC(C3)C1)C2)Nc1cccc2nc(NCCCNCc3csnn3)ccc12. The summed E-state index contributed by atoms with van der Waals surface area (Å²) >= 11 is 1.38. The molecule has 0 radical (unpaired) electrons. The zero-order valence-corrected chi connectivity index (χ0v) is 20.9. The van der Waals surface area contributed by atoms with Crippen LogP contribution in [0, 0.1) is 23.2 Å². The highest BCUT2D eigenvalue weighted by Crippen LogP contribution is 2.61. The third-order valence-electron chi connectivity index (χ3n) is 8.25. The molecular formula is C27H34N6OS. The van der Waals surface area contributed by atoms with Gasteiger partial charge in [0.05, 0.1) is 16.9 Å². The van der Waals surface area contributed by atoms with Crippen molar-refractivity contribution in [2.24, 2.45) is 23.2 Å². The minimum atomic E-state index is 0.169. The number of benzene rings is 1. The largest absolute Gasteiger partial charge is 0.370 e. The summed E-state index contributed by atoms with van der Waals surface area (Å²) in [4.78, 5) is 17.9. The monoisotopic (exact) mass is 490 g/mol. The number of hydrogen-bond acceptors (Lipinski definition) is 7. The number of carbonyl (C=O) groups excluding carboxylic acids is 1. The van der Waals surface area contributed by atoms with E-state index in [0.717, 1.165) is 71.9 Å². The van der Waals surface area contributed by atoms with Gasteiger partial charge >= 0.3 is 0 Å². The van der Waals surface area contributed by atoms with Crippen LogP contribution in [0.1, 0.15) is 57.1 Å². The van der Waals surface area contributed by atoms with Crippen molar-refractivity contribution in [1.82, 2.24) is 19.9 Å². The van der Waals surface area contributed by atoms with Gasteiger partial charge in [-0.15, -0.1) is 5.10 Å². The lowest BCUT2D eigenvalue weighted by Gasteiger charge is -2.56. The predicted molar refractivity (Wildman–Crippen MR) is 140 cm³/mol. The van der Waals surface area contributed by atoms with Gasteiger partial charge in [-0.05, 0) is 110 Å². The summed E-state index contributed by atoms with van der Waals surface area (Å²) in [7, 11) is 0. The maximum Gasteiger partial charge on any atom is 0.224 e. The van der Waals surface area contributed by atoms with Crippen molar-refractivity contribution < 1.29 is 4.79 Å². The smallest absolute Gasteiger partial charge is 0.224 e. The molecule has 0 saturated heterocycles. The first-order valence-corrected chi connectivity index (χ1v) is 13.9. The Hall–Kier alpha value is -2.58. The maximum absolute atomic E-state index is 13.2. The second-order valence-electron chi connectivity index (χ2n) is 11.1. The molecule has 4 bridgehead atoms. The molecule has 2 heterocycles. The summed E-state index contributed by atoms with van der Waals surface area (Å²) in [5.41, 5.74) is 3.01. The summed E-state index contributed by atoms with van der Waals surface area (Å²) in [6.45, 7) is 2.49. The fourth-order valence-electron chi connectivity index (χ4n) is 7.31. The van der Waals surface area contributed by atoms with Crippen molar-refractivity contribution in [2.75, 3.05) is 23.7 Å². The van der Waals surface area contributed by atoms with Crippen molar-refractivity contribution in [3.63, 3.8) is 0 Å². The lowest BCUT2D eigenvalue weighted by molar-refractivity contribution is -0.124. The predicted octanol–water partition coefficient (Wildman–Crippen LogP) is 5.22. The van der Waals surface area contributed by atoms with Gasteiger partial charge in [-0.25, -0.2) is 4.98 Å². The number of fused-ring (bicyclic) bond motifs is 1. The molecule has 0 aliphatic heterocycles. The molecule has 35 heavy (non-hydrogen) atoms. The molecule has 7 rings (SSSR count). The number of anilines is 2. The molecule has 8 heteroatoms. The van der Waals surface area contributed by atoms with E-state index < -0.39 is 0 Å². The van der Waals surface area contributed by atoms with E-state index in [-0.39, 0.29) is 11.3 Å². The molecule has 0 unspecified atom stereocenters. The Bertz CT molecular complexity index is 1140. The lowest BCUT2D eigenvalue weighted by atomic mass is 9.49. The van der Waals surface area contributed by atoms with Gasteiger partial charge < -0.3 is 16.0 Å². The van der Waals surface area contributed by atoms with Crippen molar-refractivity contribution in [3.8, 4) is 0 Å². The Morgan fingerprint density at radius 2 is 1.83 bits per heavy atom. The van der Waals surface area contributed by atoms with Crippen molar-refractivity contribution in [2.45, 2.75) is 57.9 Å². The first kappa shape index (κ1) is 22.9. The molecule has 4 aliphatic rings. The van der Waals surface area contributed by atoms with E-state index in [4.69, 9.17) is 4.98 Å². The van der Waals surface area contributed by atoms with Gasteiger partial charge in [0.1, 0.15) is 5.82 Å². The maximum atomic E-state index is 13.2. The summed E-state index contributed by atoms with van der Waals surface area (Å²) in [6, 6.07) is 10.1. The third kappa shape index (κ3) is 5.19. The molecule has 1 amide bonds. The minimum Gasteiger partial charge on any atom is -0.370 e. The molecule has 2 aromatic heterocycles. The Labute approximate surface area is 210 Å². The molecule has 3 N–H and O–H groups in total. The number of carbonyl (C=O) groups is 1. The fourth-order valence-corrected chi connectivity index (χ4v) is 7.76. The molecule has 7 nitrogen and oxygen atoms in total. The second-order valence-corrected chi connectivity index (χ2v) is 11.7. The first-order valence-electron chi connectivity index (χ1n) is 13.0. The summed E-state index contributed by atoms with van der Waals surface area (Å²) in [5, 5.41) is 17.0. The summed E-state index contributed by atoms with van der Waals surface area (Å²) in [5.74, 6) is 3.63. The Morgan fingerprint density at radius 3 is 2.57 bits per heavy atom. The van der Waals surface area contributed by atoms with Crippen molar-refractivity contribution in [3.05, 3.63) is 41.4 Å². The molecule has 0 atom stereocenters. The van der Waals surface area contributed by atoms with Gasteiger partial charge in [0.25, 0.3) is 0 Å². The average molecular weight is 491 g/mol. The number of nitrogens with zero attached hydrogens (tertiary/aromatic N) is 3. The van der Waals surface area contributed by atoms with E-state index in [2.05, 4.69) is 31.6 Å². The highest BCUT2D eigenvalue weighted by molar-refractivity contribution is 7.03. The summed E-state index contributed by atoms with van der Waals surface area (Å²) < 4.78 is 3.87. The lowest BCUT2D eigenvalue weighted by Crippen LogP contribution is -2.47. The average Bonchev–Trinajstić information content (AvgIpc) is 3.34. The van der Waals surface area contributed by atoms with Crippen LogP contribution in [0.15, 0.2) is 35.7 Å². The molecule has 3 aromatic rings. The van der Waals surface area contributed by atoms with E-state index in [1.54, 1.807) is 0 Å². The minimum absolute atomic E-state index is 0.169. The zero-order chi connectivity index (χ0) is 23.7. The Kier molecular flexibility index (Phi) is 6.41. The molecule has 4 fully saturated rings. The molecule has 1 aromatic carbocycles. The van der Waals surface area contributed by atoms with Crippen LogP contribution in [0.3, 0.4) is 0 Å². The zero-order valence-electron chi connectivity index (χ0n) is 20.1. The number of aromatic nitrogens is 3. The number of amides is 1. The van der Waals surface area contributed by atoms with Crippen molar-refractivity contribution >= 4 is 39.8 Å². The van der Waals surface area contributed by atoms with Gasteiger partial charge in [0.2, 0.25) is 5.91 Å². The molecular weight excluding hydrogens is 456 g/mol. The topological polar surface area (TPSA) is 91.8 Å². The number of pyridine rings is 1. The van der Waals surface area contributed by atoms with Crippen LogP contribution >= 0.6 is 11.5 Å². The number of nitrogens with one attached hydrogen (secondary N) is 3. The van der Waals surface area contributed by atoms with E-state index in [1.807, 2.05) is 29.6 Å². The summed E-state index contributed by atoms with van der Waals surface area (Å²) in [6.07, 6.45) is 9.67. The second kappa shape index (κ2) is 9.82. The number of hydrogen-bond donors (Lipinski definition) is 3. The van der Waals surface area contributed by atoms with Gasteiger partial charge in [0, 0.05) is 30.3 Å². The Morgan fingerprint density at radius 1 is 1.03 bits per heavy atom. The standard InChI is InChI=1S/C27H34N6OS/c34-26(15-27-12-18-9-19(13-27)11-20(10-18)14-27)31-24-4-1-3-23-22(24)5-6-25(30-23)29-8-2-7-28-16-21-17-35-33-32-21/h1,3-6,17-20,28H,2,7-16H2,(H,29,30)(H,31,34). The van der Waals surface area contributed by atoms with Gasteiger partial charge in [-0.1, -0.05) is 10.6 Å². The fraction of sp³-hybridized carbons (Fsp3) is 0.556. The normalized spacial score (nSPS) is 26.8. The van der Waals surface area contributed by atoms with Gasteiger partial charge in [-0.2, -0.15) is 0 Å². The third-order valence-corrected chi connectivity index (χ3v) is 8.81. The van der Waals surface area contributed by atoms with Gasteiger partial charge in [-0.3, -0.25) is 4.79 Å². The highest BCUT2D eigenvalue weighted by atomic mass is 32.1. The van der Waals surface area contributed by atoms with Crippen LogP contribution in [0.4, 0.5) is 11.5 Å². The Balaban J connectivity index is 1.03. The molecule has 4 aliphatic carbocycles. The quantitative estimate of drug-likeness (QED) is 0.337. The molecule has 184 valence electrons. The van der Waals surface area contributed by atoms with Crippen LogP contribution in [0.25, 0.3) is 10.9 Å². The first-order chi connectivity index (χ1) is 17.1. The van der Waals surface area contributed by atoms with Crippen molar-refractivity contribution in [1.29, 1.82) is 0 Å². The van der Waals surface area contributed by atoms with E-state index >= 15 is 0 Å².